The Morgan fingerprint density at radius 1 is 1.35 bits per heavy atom. The predicted octanol–water partition coefficient (Wildman–Crippen LogP) is 2.51. The average molecular weight is 289 g/mol. The van der Waals surface area contributed by atoms with Crippen molar-refractivity contribution in [3.8, 4) is 0 Å². The Hall–Kier alpha value is -1.11. The van der Waals surface area contributed by atoms with Gasteiger partial charge in [0.15, 0.2) is 0 Å². The van der Waals surface area contributed by atoms with Crippen molar-refractivity contribution in [2.75, 3.05) is 13.2 Å². The van der Waals surface area contributed by atoms with Gasteiger partial charge in [0.2, 0.25) is 0 Å². The molecule has 0 bridgehead atoms. The fraction of sp³-hybridized carbons (Fsp3) is 0.571. The summed E-state index contributed by atoms with van der Waals surface area (Å²) in [7, 11) is 0. The Morgan fingerprint density at radius 2 is 2.00 bits per heavy atom. The number of rotatable bonds is 4. The first-order chi connectivity index (χ1) is 9.38. The number of hydrogen-bond acceptors (Lipinski definition) is 3. The van der Waals surface area contributed by atoms with Crippen molar-refractivity contribution >= 4 is 0 Å². The monoisotopic (exact) mass is 289 g/mol. The summed E-state index contributed by atoms with van der Waals surface area (Å²) in [5, 5.41) is 13.2. The van der Waals surface area contributed by atoms with Crippen LogP contribution in [0.5, 0.6) is 0 Å². The Labute approximate surface area is 115 Å². The number of aliphatic hydroxyl groups is 1. The van der Waals surface area contributed by atoms with E-state index in [1.165, 1.54) is 12.1 Å². The minimum absolute atomic E-state index is 0.0924. The van der Waals surface area contributed by atoms with Crippen LogP contribution in [0.25, 0.3) is 0 Å². The van der Waals surface area contributed by atoms with Gasteiger partial charge in [-0.05, 0) is 31.0 Å². The molecule has 20 heavy (non-hydrogen) atoms. The van der Waals surface area contributed by atoms with Crippen LogP contribution in [0.1, 0.15) is 30.6 Å². The number of hydrogen-bond donors (Lipinski definition) is 2. The van der Waals surface area contributed by atoms with E-state index in [0.717, 1.165) is 18.6 Å². The van der Waals surface area contributed by atoms with Crippen LogP contribution in [0.4, 0.5) is 13.2 Å². The van der Waals surface area contributed by atoms with Gasteiger partial charge < -0.3 is 15.2 Å². The van der Waals surface area contributed by atoms with E-state index in [0.29, 0.717) is 18.7 Å². The molecule has 0 aliphatic carbocycles. The van der Waals surface area contributed by atoms with Crippen molar-refractivity contribution in [1.29, 1.82) is 0 Å². The Kier molecular flexibility index (Phi) is 4.67. The molecule has 3 unspecified atom stereocenters. The van der Waals surface area contributed by atoms with Crippen LogP contribution in [0.3, 0.4) is 0 Å². The van der Waals surface area contributed by atoms with E-state index in [2.05, 4.69) is 5.32 Å². The van der Waals surface area contributed by atoms with Gasteiger partial charge in [0.25, 0.3) is 0 Å². The summed E-state index contributed by atoms with van der Waals surface area (Å²) in [6, 6.07) is 4.77. The third kappa shape index (κ3) is 3.71. The molecule has 0 amide bonds. The van der Waals surface area contributed by atoms with Gasteiger partial charge in [-0.3, -0.25) is 0 Å². The second kappa shape index (κ2) is 6.11. The van der Waals surface area contributed by atoms with Crippen LogP contribution in [-0.2, 0) is 10.9 Å². The lowest BCUT2D eigenvalue weighted by atomic mass is 10.1. The van der Waals surface area contributed by atoms with Gasteiger partial charge in [-0.1, -0.05) is 12.1 Å². The van der Waals surface area contributed by atoms with Crippen molar-refractivity contribution < 1.29 is 23.0 Å². The quantitative estimate of drug-likeness (QED) is 0.895. The first kappa shape index (κ1) is 15.3. The van der Waals surface area contributed by atoms with Crippen LogP contribution in [0.2, 0.25) is 0 Å². The van der Waals surface area contributed by atoms with Crippen molar-refractivity contribution in [1.82, 2.24) is 5.32 Å². The number of benzene rings is 1. The highest BCUT2D eigenvalue weighted by atomic mass is 19.4. The summed E-state index contributed by atoms with van der Waals surface area (Å²) in [6.07, 6.45) is -4.21. The average Bonchev–Trinajstić information content (AvgIpc) is 2.81. The molecule has 1 aliphatic heterocycles. The van der Waals surface area contributed by atoms with Gasteiger partial charge in [-0.25, -0.2) is 0 Å². The summed E-state index contributed by atoms with van der Waals surface area (Å²) in [5.41, 5.74) is -0.240. The molecule has 2 N–H and O–H groups in total. The molecule has 112 valence electrons. The summed E-state index contributed by atoms with van der Waals surface area (Å²) in [5.74, 6) is 0. The van der Waals surface area contributed by atoms with Crippen molar-refractivity contribution in [2.24, 2.45) is 0 Å². The molecular formula is C14H18F3NO2. The van der Waals surface area contributed by atoms with E-state index in [4.69, 9.17) is 4.74 Å². The molecule has 1 fully saturated rings. The number of nitrogens with one attached hydrogen (secondary N) is 1. The third-order valence-corrected chi connectivity index (χ3v) is 3.57. The van der Waals surface area contributed by atoms with E-state index < -0.39 is 17.8 Å². The van der Waals surface area contributed by atoms with Gasteiger partial charge in [0.1, 0.15) is 0 Å². The maximum absolute atomic E-state index is 12.4. The van der Waals surface area contributed by atoms with E-state index in [1.54, 1.807) is 0 Å². The molecule has 1 saturated heterocycles. The highest BCUT2D eigenvalue weighted by molar-refractivity contribution is 5.26. The molecule has 2 rings (SSSR count). The molecule has 1 aliphatic rings. The first-order valence-corrected chi connectivity index (χ1v) is 6.58. The largest absolute Gasteiger partial charge is 0.416 e. The summed E-state index contributed by atoms with van der Waals surface area (Å²) >= 11 is 0. The number of halogens is 3. The molecule has 0 spiro atoms. The Morgan fingerprint density at radius 3 is 2.50 bits per heavy atom. The van der Waals surface area contributed by atoms with Gasteiger partial charge in [0.05, 0.1) is 17.8 Å². The Balaban J connectivity index is 1.90. The molecule has 0 radical (unpaired) electrons. The molecule has 0 saturated carbocycles. The maximum Gasteiger partial charge on any atom is 0.416 e. The van der Waals surface area contributed by atoms with Crippen molar-refractivity contribution in [2.45, 2.75) is 37.8 Å². The molecular weight excluding hydrogens is 271 g/mol. The molecule has 0 aromatic heterocycles. The van der Waals surface area contributed by atoms with Crippen LogP contribution < -0.4 is 5.32 Å². The summed E-state index contributed by atoms with van der Waals surface area (Å²) in [6.45, 7) is 2.94. The molecule has 1 aromatic rings. The van der Waals surface area contributed by atoms with Crippen LogP contribution in [-0.4, -0.2) is 30.4 Å². The van der Waals surface area contributed by atoms with Crippen molar-refractivity contribution in [3.63, 3.8) is 0 Å². The number of ether oxygens (including phenoxy) is 1. The predicted molar refractivity (Wildman–Crippen MR) is 68.2 cm³/mol. The molecule has 3 atom stereocenters. The molecule has 1 aromatic carbocycles. The lowest BCUT2D eigenvalue weighted by molar-refractivity contribution is -0.137. The van der Waals surface area contributed by atoms with Crippen molar-refractivity contribution in [3.05, 3.63) is 35.4 Å². The number of aliphatic hydroxyl groups excluding tert-OH is 1. The van der Waals surface area contributed by atoms with Gasteiger partial charge in [-0.15, -0.1) is 0 Å². The van der Waals surface area contributed by atoms with Gasteiger partial charge in [0, 0.05) is 19.2 Å². The van der Waals surface area contributed by atoms with Gasteiger partial charge in [-0.2, -0.15) is 13.2 Å². The zero-order valence-corrected chi connectivity index (χ0v) is 11.2. The van der Waals surface area contributed by atoms with Crippen LogP contribution in [0, 0.1) is 0 Å². The zero-order valence-electron chi connectivity index (χ0n) is 11.2. The molecule has 3 nitrogen and oxygen atoms in total. The number of alkyl halides is 3. The molecule has 6 heteroatoms. The van der Waals surface area contributed by atoms with Crippen LogP contribution in [0.15, 0.2) is 24.3 Å². The maximum atomic E-state index is 12.4. The highest BCUT2D eigenvalue weighted by Crippen LogP contribution is 2.29. The normalized spacial score (nSPS) is 24.9. The minimum atomic E-state index is -4.35. The lowest BCUT2D eigenvalue weighted by Gasteiger charge is -2.19. The second-order valence-electron chi connectivity index (χ2n) is 5.01. The van der Waals surface area contributed by atoms with Gasteiger partial charge >= 0.3 is 6.18 Å². The fourth-order valence-corrected chi connectivity index (χ4v) is 2.27. The minimum Gasteiger partial charge on any atom is -0.387 e. The smallest absolute Gasteiger partial charge is 0.387 e. The second-order valence-corrected chi connectivity index (χ2v) is 5.01. The lowest BCUT2D eigenvalue weighted by Crippen LogP contribution is -2.37. The Bertz CT molecular complexity index is 433. The van der Waals surface area contributed by atoms with E-state index in [-0.39, 0.29) is 12.1 Å². The van der Waals surface area contributed by atoms with E-state index in [9.17, 15) is 18.3 Å². The molecule has 1 heterocycles. The first-order valence-electron chi connectivity index (χ1n) is 6.58. The SMILES string of the molecule is CC1OCCC1NCC(O)c1ccc(C(F)(F)F)cc1. The third-order valence-electron chi connectivity index (χ3n) is 3.57. The zero-order chi connectivity index (χ0) is 14.8. The topological polar surface area (TPSA) is 41.5 Å². The summed E-state index contributed by atoms with van der Waals surface area (Å²) in [4.78, 5) is 0. The standard InChI is InChI=1S/C14H18F3NO2/c1-9-12(6-7-20-9)18-8-13(19)10-2-4-11(5-3-10)14(15,16)17/h2-5,9,12-13,18-19H,6-8H2,1H3. The van der Waals surface area contributed by atoms with Crippen LogP contribution >= 0.6 is 0 Å². The highest BCUT2D eigenvalue weighted by Gasteiger charge is 2.30. The summed E-state index contributed by atoms with van der Waals surface area (Å²) < 4.78 is 42.7. The fourth-order valence-electron chi connectivity index (χ4n) is 2.27. The van der Waals surface area contributed by atoms with E-state index >= 15 is 0 Å². The van der Waals surface area contributed by atoms with E-state index in [1.807, 2.05) is 6.92 Å².